The van der Waals surface area contributed by atoms with Crippen molar-refractivity contribution in [2.45, 2.75) is 76.4 Å². The summed E-state index contributed by atoms with van der Waals surface area (Å²) < 4.78 is 12.9. The third-order valence-corrected chi connectivity index (χ3v) is 16.3. The van der Waals surface area contributed by atoms with E-state index in [1.807, 2.05) is 0 Å². The number of rotatable bonds is 14. The molecule has 0 aliphatic heterocycles. The average Bonchev–Trinajstić information content (AvgIpc) is 3.55. The first kappa shape index (κ1) is 50.2. The highest BCUT2D eigenvalue weighted by Gasteiger charge is 2.20. The van der Waals surface area contributed by atoms with Crippen molar-refractivity contribution in [2.75, 3.05) is 9.80 Å². The molecule has 0 aromatic heterocycles. The topological polar surface area (TPSA) is 48.7 Å². The van der Waals surface area contributed by atoms with E-state index in [0.717, 1.165) is 115 Å². The lowest BCUT2D eigenvalue weighted by Crippen LogP contribution is -2.19. The largest absolute Gasteiger partial charge is 0.490 e. The lowest BCUT2D eigenvalue weighted by molar-refractivity contribution is 0.155. The minimum Gasteiger partial charge on any atom is -0.490 e. The number of nitrogens with zero attached hydrogens (tertiary/aromatic N) is 3. The van der Waals surface area contributed by atoms with Crippen LogP contribution in [-0.2, 0) is 0 Å². The lowest BCUT2D eigenvalue weighted by atomic mass is 9.94. The summed E-state index contributed by atoms with van der Waals surface area (Å²) in [5, 5.41) is 19.4. The molecule has 0 bridgehead atoms. The number of nitriles is 1. The summed E-state index contributed by atoms with van der Waals surface area (Å²) in [5.74, 6) is 1.86. The van der Waals surface area contributed by atoms with Crippen LogP contribution in [0.2, 0.25) is 0 Å². The van der Waals surface area contributed by atoms with E-state index in [-0.39, 0.29) is 0 Å². The van der Waals surface area contributed by atoms with Crippen molar-refractivity contribution in [1.82, 2.24) is 0 Å². The standard InChI is InChI=1S/C75H63N3O2/c76-52-73-69-48-34-55(27-25-53-30-36-61(37-31-53)77(74-23-11-15-57-13-7-9-21-70(57)74)63-40-44-67(45-41-63)79-65-17-3-1-4-18-65)49-60(69)51-59-35-29-56(50-72(59)73)28-26-54-32-38-62(39-33-54)78(75-24-12-16-58-14-8-10-22-71(58)75)64-42-46-68(47-43-64)80-66-19-5-2-6-20-66/h7-16,21-51,65-66H,1-6,17-20H2. The van der Waals surface area contributed by atoms with Crippen molar-refractivity contribution in [1.29, 1.82) is 5.26 Å². The van der Waals surface area contributed by atoms with Crippen LogP contribution in [0.15, 0.2) is 224 Å². The maximum Gasteiger partial charge on any atom is 0.119 e. The molecule has 13 rings (SSSR count). The molecule has 11 aromatic carbocycles. The molecule has 0 radical (unpaired) electrons. The number of ether oxygens (including phenoxy) is 2. The predicted octanol–water partition coefficient (Wildman–Crippen LogP) is 20.9. The van der Waals surface area contributed by atoms with Gasteiger partial charge in [0.15, 0.2) is 0 Å². The van der Waals surface area contributed by atoms with E-state index in [1.54, 1.807) is 0 Å². The fourth-order valence-corrected chi connectivity index (χ4v) is 12.1. The van der Waals surface area contributed by atoms with Crippen LogP contribution in [0.3, 0.4) is 0 Å². The normalized spacial score (nSPS) is 14.3. The maximum atomic E-state index is 10.7. The van der Waals surface area contributed by atoms with Gasteiger partial charge in [-0.15, -0.1) is 0 Å². The Morgan fingerprint density at radius 2 is 0.750 bits per heavy atom. The van der Waals surface area contributed by atoms with Gasteiger partial charge in [-0.3, -0.25) is 0 Å². The van der Waals surface area contributed by atoms with E-state index < -0.39 is 0 Å². The Kier molecular flexibility index (Phi) is 14.4. The van der Waals surface area contributed by atoms with Crippen molar-refractivity contribution in [2.24, 2.45) is 0 Å². The molecule has 80 heavy (non-hydrogen) atoms. The Bertz CT molecular complexity index is 4080. The highest BCUT2D eigenvalue weighted by molar-refractivity contribution is 6.06. The van der Waals surface area contributed by atoms with E-state index in [9.17, 15) is 5.26 Å². The van der Waals surface area contributed by atoms with Crippen LogP contribution in [0.4, 0.5) is 34.1 Å². The van der Waals surface area contributed by atoms with Crippen molar-refractivity contribution < 1.29 is 9.47 Å². The van der Waals surface area contributed by atoms with Gasteiger partial charge in [0, 0.05) is 44.3 Å². The summed E-state index contributed by atoms with van der Waals surface area (Å²) in [4.78, 5) is 4.68. The van der Waals surface area contributed by atoms with Crippen molar-refractivity contribution in [3.63, 3.8) is 0 Å². The molecule has 0 unspecified atom stereocenters. The molecule has 11 aromatic rings. The first-order valence-electron chi connectivity index (χ1n) is 28.6. The molecular formula is C75H63N3O2. The monoisotopic (exact) mass is 1040 g/mol. The van der Waals surface area contributed by atoms with E-state index >= 15 is 0 Å². The van der Waals surface area contributed by atoms with Gasteiger partial charge < -0.3 is 19.3 Å². The second-order valence-electron chi connectivity index (χ2n) is 21.6. The van der Waals surface area contributed by atoms with Crippen LogP contribution < -0.4 is 19.3 Å². The Morgan fingerprint density at radius 3 is 1.24 bits per heavy atom. The number of hydrogen-bond acceptors (Lipinski definition) is 5. The van der Waals surface area contributed by atoms with Gasteiger partial charge in [0.25, 0.3) is 0 Å². The van der Waals surface area contributed by atoms with Gasteiger partial charge in [0.05, 0.1) is 29.1 Å². The zero-order valence-electron chi connectivity index (χ0n) is 45.1. The number of benzene rings is 11. The highest BCUT2D eigenvalue weighted by Crippen LogP contribution is 2.42. The van der Waals surface area contributed by atoms with Crippen LogP contribution in [-0.4, -0.2) is 12.2 Å². The molecule has 2 saturated carbocycles. The molecule has 2 aliphatic rings. The Labute approximate surface area is 469 Å². The summed E-state index contributed by atoms with van der Waals surface area (Å²) in [6.07, 6.45) is 21.3. The van der Waals surface area contributed by atoms with E-state index in [1.165, 1.54) is 60.1 Å². The molecule has 0 saturated heterocycles. The van der Waals surface area contributed by atoms with E-state index in [4.69, 9.17) is 9.47 Å². The molecule has 5 heteroatoms. The summed E-state index contributed by atoms with van der Waals surface area (Å²) in [6, 6.07) is 82.5. The third kappa shape index (κ3) is 10.8. The third-order valence-electron chi connectivity index (χ3n) is 16.3. The van der Waals surface area contributed by atoms with Gasteiger partial charge in [-0.05, 0) is 198 Å². The lowest BCUT2D eigenvalue weighted by Gasteiger charge is -2.27. The van der Waals surface area contributed by atoms with Gasteiger partial charge in [-0.1, -0.05) is 158 Å². The summed E-state index contributed by atoms with van der Waals surface area (Å²) >= 11 is 0. The van der Waals surface area contributed by atoms with Crippen LogP contribution in [0.5, 0.6) is 11.5 Å². The fourth-order valence-electron chi connectivity index (χ4n) is 12.1. The zero-order chi connectivity index (χ0) is 53.6. The van der Waals surface area contributed by atoms with Gasteiger partial charge in [0.2, 0.25) is 0 Å². The minimum atomic E-state index is 0.302. The Balaban J connectivity index is 0.729. The SMILES string of the molecule is N#Cc1c2ccc(C=Cc3ccc(N(c4ccc(OC5CCCCC5)cc4)c4cccc5ccccc45)cc3)cc2cc2ccc(C=Cc3ccc(N(c4ccc(OC5CCCCC5)cc4)c4cccc5ccccc45)cc3)cc12. The molecule has 0 spiro atoms. The van der Waals surface area contributed by atoms with Crippen molar-refractivity contribution in [3.05, 3.63) is 252 Å². The molecule has 5 nitrogen and oxygen atoms in total. The highest BCUT2D eigenvalue weighted by atomic mass is 16.5. The number of anilines is 6. The van der Waals surface area contributed by atoms with Crippen LogP contribution >= 0.6 is 0 Å². The van der Waals surface area contributed by atoms with Gasteiger partial charge in [-0.2, -0.15) is 5.26 Å². The van der Waals surface area contributed by atoms with Crippen molar-refractivity contribution >= 4 is 102 Å². The quantitative estimate of drug-likeness (QED) is 0.0802. The minimum absolute atomic E-state index is 0.302. The number of fused-ring (bicyclic) bond motifs is 4. The van der Waals surface area contributed by atoms with E-state index in [0.29, 0.717) is 17.8 Å². The average molecular weight is 1040 g/mol. The van der Waals surface area contributed by atoms with Crippen LogP contribution in [0.25, 0.3) is 67.4 Å². The maximum absolute atomic E-state index is 10.7. The van der Waals surface area contributed by atoms with Gasteiger partial charge >= 0.3 is 0 Å². The molecule has 0 amide bonds. The van der Waals surface area contributed by atoms with Crippen LogP contribution in [0, 0.1) is 11.3 Å². The first-order chi connectivity index (χ1) is 39.6. The summed E-state index contributed by atoms with van der Waals surface area (Å²) in [5.41, 5.74) is 11.5. The molecule has 0 N–H and O–H groups in total. The molecule has 2 fully saturated rings. The second kappa shape index (κ2) is 22.9. The molecular weight excluding hydrogens is 975 g/mol. The van der Waals surface area contributed by atoms with Gasteiger partial charge in [-0.25, -0.2) is 0 Å². The molecule has 2 aliphatic carbocycles. The summed E-state index contributed by atoms with van der Waals surface area (Å²) in [7, 11) is 0. The summed E-state index contributed by atoms with van der Waals surface area (Å²) in [6.45, 7) is 0. The Morgan fingerprint density at radius 1 is 0.338 bits per heavy atom. The second-order valence-corrected chi connectivity index (χ2v) is 21.6. The molecule has 0 atom stereocenters. The Hall–Kier alpha value is -9.37. The van der Waals surface area contributed by atoms with Crippen molar-refractivity contribution in [3.8, 4) is 17.6 Å². The molecule has 390 valence electrons. The fraction of sp³-hybridized carbons (Fsp3) is 0.160. The smallest absolute Gasteiger partial charge is 0.119 e. The zero-order valence-corrected chi connectivity index (χ0v) is 45.1. The van der Waals surface area contributed by atoms with Gasteiger partial charge in [0.1, 0.15) is 17.6 Å². The van der Waals surface area contributed by atoms with Crippen LogP contribution in [0.1, 0.15) is 92.0 Å². The predicted molar refractivity (Wildman–Crippen MR) is 336 cm³/mol. The number of hydrogen-bond donors (Lipinski definition) is 0. The molecule has 0 heterocycles. The first-order valence-corrected chi connectivity index (χ1v) is 28.6. The van der Waals surface area contributed by atoms with E-state index in [2.05, 4.69) is 265 Å².